The van der Waals surface area contributed by atoms with E-state index in [1.165, 1.54) is 0 Å². The van der Waals surface area contributed by atoms with Gasteiger partial charge >= 0.3 is 0 Å². The molecule has 1 heterocycles. The molecule has 0 spiro atoms. The molecule has 1 saturated heterocycles. The highest BCUT2D eigenvalue weighted by Gasteiger charge is 2.34. The van der Waals surface area contributed by atoms with E-state index in [1.807, 2.05) is 43.3 Å². The summed E-state index contributed by atoms with van der Waals surface area (Å²) in [6.07, 6.45) is 0.502. The van der Waals surface area contributed by atoms with Gasteiger partial charge in [0.1, 0.15) is 5.75 Å². The van der Waals surface area contributed by atoms with Crippen molar-refractivity contribution in [2.24, 2.45) is 0 Å². The summed E-state index contributed by atoms with van der Waals surface area (Å²) < 4.78 is 29.8. The summed E-state index contributed by atoms with van der Waals surface area (Å²) in [6, 6.07) is 11.4. The maximum atomic E-state index is 12.5. The lowest BCUT2D eigenvalue weighted by Crippen LogP contribution is -2.43. The molecule has 134 valence electrons. The second-order valence-electron chi connectivity index (χ2n) is 6.12. The number of ether oxygens (including phenoxy) is 1. The number of amides is 1. The second-order valence-corrected chi connectivity index (χ2v) is 9.15. The molecule has 1 aliphatic rings. The van der Waals surface area contributed by atoms with Crippen LogP contribution in [-0.4, -0.2) is 49.9 Å². The predicted octanol–water partition coefficient (Wildman–Crippen LogP) is 3.02. The molecule has 1 amide bonds. The number of sulfone groups is 1. The zero-order valence-electron chi connectivity index (χ0n) is 13.9. The third-order valence-electron chi connectivity index (χ3n) is 4.49. The standard InChI is InChI=1S/C18H20BrNO4S/c1-2-20(14-9-10-25(22,23)12-14)17(21)11-24-16-8-7-13-5-3-4-6-15(13)18(16)19/h3-8,14H,2,9-12H2,1H3. The lowest BCUT2D eigenvalue weighted by Gasteiger charge is -2.26. The number of halogens is 1. The van der Waals surface area contributed by atoms with Gasteiger partial charge in [-0.3, -0.25) is 4.79 Å². The lowest BCUT2D eigenvalue weighted by atomic mass is 10.1. The molecule has 0 bridgehead atoms. The Hall–Kier alpha value is -1.60. The van der Waals surface area contributed by atoms with Crippen LogP contribution in [0.1, 0.15) is 13.3 Å². The number of carbonyl (C=O) groups excluding carboxylic acids is 1. The molecule has 1 aliphatic heterocycles. The van der Waals surface area contributed by atoms with Gasteiger partial charge in [-0.2, -0.15) is 0 Å². The number of likely N-dealkylation sites (N-methyl/N-ethyl adjacent to an activating group) is 1. The van der Waals surface area contributed by atoms with Crippen molar-refractivity contribution in [1.29, 1.82) is 0 Å². The predicted molar refractivity (Wildman–Crippen MR) is 102 cm³/mol. The van der Waals surface area contributed by atoms with Crippen LogP contribution in [0.2, 0.25) is 0 Å². The number of hydrogen-bond acceptors (Lipinski definition) is 4. The smallest absolute Gasteiger partial charge is 0.260 e. The van der Waals surface area contributed by atoms with Crippen LogP contribution in [0.25, 0.3) is 10.8 Å². The fourth-order valence-corrected chi connectivity index (χ4v) is 5.55. The third kappa shape index (κ3) is 3.98. The minimum absolute atomic E-state index is 0.0479. The maximum absolute atomic E-state index is 12.5. The van der Waals surface area contributed by atoms with Gasteiger partial charge in [0, 0.05) is 12.6 Å². The van der Waals surface area contributed by atoms with Crippen molar-refractivity contribution >= 4 is 42.4 Å². The molecule has 0 N–H and O–H groups in total. The fourth-order valence-electron chi connectivity index (χ4n) is 3.21. The summed E-state index contributed by atoms with van der Waals surface area (Å²) in [7, 11) is -3.02. The van der Waals surface area contributed by atoms with Crippen molar-refractivity contribution in [3.05, 3.63) is 40.9 Å². The summed E-state index contributed by atoms with van der Waals surface area (Å²) >= 11 is 3.54. The maximum Gasteiger partial charge on any atom is 0.260 e. The fraction of sp³-hybridized carbons (Fsp3) is 0.389. The minimum atomic E-state index is -3.02. The Labute approximate surface area is 156 Å². The summed E-state index contributed by atoms with van der Waals surface area (Å²) in [5, 5.41) is 2.10. The molecule has 0 aliphatic carbocycles. The molecule has 1 atom stereocenters. The van der Waals surface area contributed by atoms with Crippen LogP contribution < -0.4 is 4.74 Å². The molecule has 3 rings (SSSR count). The monoisotopic (exact) mass is 425 g/mol. The molecule has 5 nitrogen and oxygen atoms in total. The molecule has 0 aromatic heterocycles. The van der Waals surface area contributed by atoms with Crippen LogP contribution in [0, 0.1) is 0 Å². The Kier molecular flexibility index (Phi) is 5.34. The highest BCUT2D eigenvalue weighted by atomic mass is 79.9. The van der Waals surface area contributed by atoms with Gasteiger partial charge in [0.05, 0.1) is 16.0 Å². The highest BCUT2D eigenvalue weighted by molar-refractivity contribution is 9.10. The number of hydrogen-bond donors (Lipinski definition) is 0. The first kappa shape index (κ1) is 18.2. The SMILES string of the molecule is CCN(C(=O)COc1ccc2ccccc2c1Br)C1CCS(=O)(=O)C1. The molecule has 0 saturated carbocycles. The molecule has 1 fully saturated rings. The average molecular weight is 426 g/mol. The summed E-state index contributed by atoms with van der Waals surface area (Å²) in [5.41, 5.74) is 0. The molecule has 7 heteroatoms. The topological polar surface area (TPSA) is 63.7 Å². The van der Waals surface area contributed by atoms with E-state index in [4.69, 9.17) is 4.74 Å². The van der Waals surface area contributed by atoms with Gasteiger partial charge in [0.25, 0.3) is 5.91 Å². The van der Waals surface area contributed by atoms with Crippen molar-refractivity contribution in [2.75, 3.05) is 24.7 Å². The molecular weight excluding hydrogens is 406 g/mol. The largest absolute Gasteiger partial charge is 0.483 e. The Balaban J connectivity index is 1.70. The van der Waals surface area contributed by atoms with Gasteiger partial charge < -0.3 is 9.64 Å². The molecular formula is C18H20BrNO4S. The number of fused-ring (bicyclic) bond motifs is 1. The van der Waals surface area contributed by atoms with Crippen LogP contribution in [0.5, 0.6) is 5.75 Å². The van der Waals surface area contributed by atoms with Crippen LogP contribution in [-0.2, 0) is 14.6 Å². The van der Waals surface area contributed by atoms with E-state index in [0.717, 1.165) is 15.2 Å². The van der Waals surface area contributed by atoms with E-state index in [9.17, 15) is 13.2 Å². The highest BCUT2D eigenvalue weighted by Crippen LogP contribution is 2.33. The molecule has 25 heavy (non-hydrogen) atoms. The Morgan fingerprint density at radius 1 is 1.28 bits per heavy atom. The first-order chi connectivity index (χ1) is 11.9. The van der Waals surface area contributed by atoms with Crippen molar-refractivity contribution < 1.29 is 17.9 Å². The number of nitrogens with zero attached hydrogens (tertiary/aromatic N) is 1. The Bertz CT molecular complexity index is 897. The van der Waals surface area contributed by atoms with Gasteiger partial charge in [-0.1, -0.05) is 30.3 Å². The van der Waals surface area contributed by atoms with Crippen molar-refractivity contribution in [1.82, 2.24) is 4.90 Å². The van der Waals surface area contributed by atoms with Gasteiger partial charge in [-0.25, -0.2) is 8.42 Å². The number of carbonyl (C=O) groups is 1. The van der Waals surface area contributed by atoms with E-state index >= 15 is 0 Å². The Morgan fingerprint density at radius 2 is 2.04 bits per heavy atom. The first-order valence-corrected chi connectivity index (χ1v) is 10.8. The van der Waals surface area contributed by atoms with Crippen LogP contribution in [0.3, 0.4) is 0 Å². The summed E-state index contributed by atoms with van der Waals surface area (Å²) in [6.45, 7) is 2.22. The zero-order valence-corrected chi connectivity index (χ0v) is 16.3. The van der Waals surface area contributed by atoms with Crippen LogP contribution in [0.15, 0.2) is 40.9 Å². The second kappa shape index (κ2) is 7.33. The van der Waals surface area contributed by atoms with Gasteiger partial charge in [0.15, 0.2) is 16.4 Å². The van der Waals surface area contributed by atoms with Crippen molar-refractivity contribution in [2.45, 2.75) is 19.4 Å². The first-order valence-electron chi connectivity index (χ1n) is 8.21. The molecule has 0 radical (unpaired) electrons. The van der Waals surface area contributed by atoms with E-state index in [2.05, 4.69) is 15.9 Å². The Morgan fingerprint density at radius 3 is 2.72 bits per heavy atom. The van der Waals surface area contributed by atoms with Gasteiger partial charge in [-0.15, -0.1) is 0 Å². The van der Waals surface area contributed by atoms with Gasteiger partial charge in [-0.05, 0) is 46.1 Å². The van der Waals surface area contributed by atoms with Crippen LogP contribution >= 0.6 is 15.9 Å². The molecule has 2 aromatic carbocycles. The van der Waals surface area contributed by atoms with E-state index < -0.39 is 9.84 Å². The minimum Gasteiger partial charge on any atom is -0.483 e. The quantitative estimate of drug-likeness (QED) is 0.738. The number of benzene rings is 2. The molecule has 2 aromatic rings. The van der Waals surface area contributed by atoms with Crippen molar-refractivity contribution in [3.63, 3.8) is 0 Å². The summed E-state index contributed by atoms with van der Waals surface area (Å²) in [4.78, 5) is 14.1. The zero-order chi connectivity index (χ0) is 18.0. The van der Waals surface area contributed by atoms with E-state index in [1.54, 1.807) is 4.90 Å². The lowest BCUT2D eigenvalue weighted by molar-refractivity contribution is -0.135. The molecule has 1 unspecified atom stereocenters. The average Bonchev–Trinajstić information content (AvgIpc) is 2.95. The van der Waals surface area contributed by atoms with Crippen molar-refractivity contribution in [3.8, 4) is 5.75 Å². The summed E-state index contributed by atoms with van der Waals surface area (Å²) in [5.74, 6) is 0.608. The normalized spacial score (nSPS) is 19.0. The third-order valence-corrected chi connectivity index (χ3v) is 7.06. The van der Waals surface area contributed by atoms with E-state index in [-0.39, 0.29) is 30.1 Å². The number of rotatable bonds is 5. The van der Waals surface area contributed by atoms with Crippen LogP contribution in [0.4, 0.5) is 0 Å². The van der Waals surface area contributed by atoms with E-state index in [0.29, 0.717) is 18.7 Å². The van der Waals surface area contributed by atoms with Gasteiger partial charge in [0.2, 0.25) is 0 Å².